The van der Waals surface area contributed by atoms with Crippen LogP contribution in [0.25, 0.3) is 22.3 Å². The molecule has 0 bridgehead atoms. The van der Waals surface area contributed by atoms with Crippen molar-refractivity contribution in [3.05, 3.63) is 71.8 Å². The highest BCUT2D eigenvalue weighted by Crippen LogP contribution is 2.36. The molecule has 2 N–H and O–H groups in total. The van der Waals surface area contributed by atoms with Crippen LogP contribution in [0, 0.1) is 17.1 Å². The maximum atomic E-state index is 15.7. The summed E-state index contributed by atoms with van der Waals surface area (Å²) < 4.78 is 23.2. The number of fused-ring (bicyclic) bond motifs is 1. The Hall–Kier alpha value is -4.86. The molecule has 0 aliphatic carbocycles. The number of ether oxygens (including phenoxy) is 1. The van der Waals surface area contributed by atoms with Crippen LogP contribution in [0.1, 0.15) is 46.6 Å². The predicted molar refractivity (Wildman–Crippen MR) is 183 cm³/mol. The third-order valence-electron chi connectivity index (χ3n) is 10.0. The van der Waals surface area contributed by atoms with Crippen molar-refractivity contribution < 1.29 is 13.9 Å². The van der Waals surface area contributed by atoms with Gasteiger partial charge in [-0.25, -0.2) is 19.0 Å². The van der Waals surface area contributed by atoms with Crippen molar-refractivity contribution >= 4 is 22.8 Å². The number of hydrogen-bond acceptors (Lipinski definition) is 9. The summed E-state index contributed by atoms with van der Waals surface area (Å²) in [6.45, 7) is 10.9. The number of likely N-dealkylation sites (N-methyl/N-ethyl adjacent to an activating group) is 1. The van der Waals surface area contributed by atoms with Crippen molar-refractivity contribution in [2.75, 3.05) is 39.0 Å². The molecule has 12 heteroatoms. The Morgan fingerprint density at radius 2 is 1.81 bits per heavy atom. The van der Waals surface area contributed by atoms with Crippen LogP contribution in [0.15, 0.2) is 66.0 Å². The normalized spacial score (nSPS) is 21.9. The number of carbonyl (C=O) groups excluding carboxylic acids is 1. The van der Waals surface area contributed by atoms with Crippen molar-refractivity contribution in [2.45, 2.75) is 64.7 Å². The molecule has 0 radical (unpaired) electrons. The molecule has 2 aliphatic heterocycles. The Balaban J connectivity index is 1.27. The van der Waals surface area contributed by atoms with Gasteiger partial charge in [-0.2, -0.15) is 10.4 Å². The molecule has 2 aliphatic rings. The number of carbonyl (C=O) groups is 1. The standard InChI is InChI=1S/C36H42FN9O2/c1-22-18-45(19-23(2)43(22)5)25(4)24(3)30(17-38)36(47)44-15-9-10-26(20-44)46-35-32(34(39)40-21-41-35)33(42-46)29-14-13-28(16-31(29)37)48-27-11-7-6-8-12-27/h6-8,11-14,16,21-23,25-26H,9-10,15,18-20H2,1-5H3,(H2,39,40,41)/t22-,23+,25?,26-/m1/s1. The first-order valence-electron chi connectivity index (χ1n) is 16.4. The van der Waals surface area contributed by atoms with Crippen LogP contribution < -0.4 is 10.5 Å². The summed E-state index contributed by atoms with van der Waals surface area (Å²) in [7, 11) is 2.14. The lowest BCUT2D eigenvalue weighted by atomic mass is 9.97. The number of nitrogen functional groups attached to an aromatic ring is 1. The van der Waals surface area contributed by atoms with Crippen molar-refractivity contribution in [1.82, 2.24) is 34.4 Å². The number of rotatable bonds is 7. The summed E-state index contributed by atoms with van der Waals surface area (Å²) in [5.41, 5.74) is 8.29. The number of piperazine rings is 1. The Labute approximate surface area is 280 Å². The molecule has 1 amide bonds. The van der Waals surface area contributed by atoms with Gasteiger partial charge in [-0.3, -0.25) is 14.6 Å². The minimum absolute atomic E-state index is 0.0561. The largest absolute Gasteiger partial charge is 0.457 e. The molecule has 1 unspecified atom stereocenters. The zero-order valence-corrected chi connectivity index (χ0v) is 28.1. The molecule has 2 aromatic heterocycles. The van der Waals surface area contributed by atoms with Gasteiger partial charge in [0, 0.05) is 55.9 Å². The second-order valence-electron chi connectivity index (χ2n) is 13.0. The Morgan fingerprint density at radius 1 is 1.08 bits per heavy atom. The average Bonchev–Trinajstić information content (AvgIpc) is 3.48. The molecule has 4 aromatic rings. The number of halogens is 1. The van der Waals surface area contributed by atoms with Crippen molar-refractivity contribution in [1.29, 1.82) is 5.26 Å². The number of benzene rings is 2. The number of amides is 1. The number of nitrogens with two attached hydrogens (primary N) is 1. The number of anilines is 1. The Kier molecular flexibility index (Phi) is 9.44. The van der Waals surface area contributed by atoms with E-state index in [-0.39, 0.29) is 34.9 Å². The summed E-state index contributed by atoms with van der Waals surface area (Å²) in [6.07, 6.45) is 2.78. The molecule has 4 heterocycles. The molecule has 48 heavy (non-hydrogen) atoms. The molecule has 0 saturated carbocycles. The molecule has 6 rings (SSSR count). The van der Waals surface area contributed by atoms with E-state index in [4.69, 9.17) is 15.6 Å². The van der Waals surface area contributed by atoms with E-state index in [0.29, 0.717) is 66.2 Å². The van der Waals surface area contributed by atoms with Crippen LogP contribution in [0.2, 0.25) is 0 Å². The van der Waals surface area contributed by atoms with E-state index >= 15 is 4.39 Å². The lowest BCUT2D eigenvalue weighted by molar-refractivity contribution is -0.128. The summed E-state index contributed by atoms with van der Waals surface area (Å²) in [5, 5.41) is 15.5. The van der Waals surface area contributed by atoms with Crippen LogP contribution in [-0.2, 0) is 4.79 Å². The van der Waals surface area contributed by atoms with Crippen LogP contribution in [0.5, 0.6) is 11.5 Å². The molecule has 250 valence electrons. The summed E-state index contributed by atoms with van der Waals surface area (Å²) >= 11 is 0. The molecule has 2 fully saturated rings. The average molecular weight is 652 g/mol. The van der Waals surface area contributed by atoms with Gasteiger partial charge in [-0.05, 0) is 77.4 Å². The molecular weight excluding hydrogens is 609 g/mol. The van der Waals surface area contributed by atoms with Crippen molar-refractivity contribution in [3.63, 3.8) is 0 Å². The van der Waals surface area contributed by atoms with E-state index in [1.165, 1.54) is 12.4 Å². The predicted octanol–water partition coefficient (Wildman–Crippen LogP) is 5.42. The maximum absolute atomic E-state index is 15.7. The molecule has 0 spiro atoms. The van der Waals surface area contributed by atoms with Crippen LogP contribution in [-0.4, -0.2) is 91.7 Å². The molecule has 2 saturated heterocycles. The van der Waals surface area contributed by atoms with Gasteiger partial charge in [0.2, 0.25) is 0 Å². The van der Waals surface area contributed by atoms with Gasteiger partial charge < -0.3 is 15.4 Å². The third-order valence-corrected chi connectivity index (χ3v) is 10.0. The highest BCUT2D eigenvalue weighted by atomic mass is 19.1. The monoisotopic (exact) mass is 651 g/mol. The van der Waals surface area contributed by atoms with Gasteiger partial charge >= 0.3 is 0 Å². The number of likely N-dealkylation sites (tertiary alicyclic amines) is 1. The van der Waals surface area contributed by atoms with Crippen molar-refractivity contribution in [3.8, 4) is 28.8 Å². The highest BCUT2D eigenvalue weighted by molar-refractivity contribution is 5.99. The number of hydrogen-bond donors (Lipinski definition) is 1. The molecular formula is C36H42FN9O2. The van der Waals surface area contributed by atoms with E-state index in [1.54, 1.807) is 33.8 Å². The minimum Gasteiger partial charge on any atom is -0.457 e. The van der Waals surface area contributed by atoms with E-state index in [2.05, 4.69) is 53.7 Å². The zero-order valence-electron chi connectivity index (χ0n) is 28.1. The van der Waals surface area contributed by atoms with E-state index in [0.717, 1.165) is 18.7 Å². The minimum atomic E-state index is -0.531. The zero-order chi connectivity index (χ0) is 34.1. The number of aromatic nitrogens is 4. The Morgan fingerprint density at radius 3 is 2.50 bits per heavy atom. The molecule has 11 nitrogen and oxygen atoms in total. The first kappa shape index (κ1) is 33.1. The topological polar surface area (TPSA) is 129 Å². The first-order chi connectivity index (χ1) is 23.1. The van der Waals surface area contributed by atoms with Crippen LogP contribution in [0.3, 0.4) is 0 Å². The second-order valence-corrected chi connectivity index (χ2v) is 13.0. The quantitative estimate of drug-likeness (QED) is 0.206. The SMILES string of the molecule is CC(=C(C#N)C(=O)N1CCC[C@@H](n2nc(-c3ccc(Oc4ccccc4)cc3F)c3c(N)ncnc32)C1)C(C)N1C[C@@H](C)N(C)[C@@H](C)C1. The molecule has 4 atom stereocenters. The van der Waals surface area contributed by atoms with Gasteiger partial charge in [-0.1, -0.05) is 18.2 Å². The number of para-hydroxylation sites is 1. The highest BCUT2D eigenvalue weighted by Gasteiger charge is 2.34. The van der Waals surface area contributed by atoms with Gasteiger partial charge in [0.25, 0.3) is 5.91 Å². The first-order valence-corrected chi connectivity index (χ1v) is 16.4. The lowest BCUT2D eigenvalue weighted by Gasteiger charge is -2.45. The van der Waals surface area contributed by atoms with E-state index < -0.39 is 5.82 Å². The van der Waals surface area contributed by atoms with Crippen LogP contribution >= 0.6 is 0 Å². The fourth-order valence-electron chi connectivity index (χ4n) is 6.86. The fraction of sp³-hybridized carbons (Fsp3) is 0.417. The maximum Gasteiger partial charge on any atom is 0.264 e. The number of nitrogens with zero attached hydrogens (tertiary/aromatic N) is 8. The van der Waals surface area contributed by atoms with Gasteiger partial charge in [0.05, 0.1) is 11.4 Å². The van der Waals surface area contributed by atoms with E-state index in [9.17, 15) is 10.1 Å². The van der Waals surface area contributed by atoms with Gasteiger partial charge in [-0.15, -0.1) is 0 Å². The van der Waals surface area contributed by atoms with E-state index in [1.807, 2.05) is 25.1 Å². The number of nitriles is 1. The lowest BCUT2D eigenvalue weighted by Crippen LogP contribution is -2.57. The summed E-state index contributed by atoms with van der Waals surface area (Å²) in [4.78, 5) is 29.1. The van der Waals surface area contributed by atoms with Crippen LogP contribution in [0.4, 0.5) is 10.2 Å². The molecule has 2 aromatic carbocycles. The van der Waals surface area contributed by atoms with Gasteiger partial charge in [0.1, 0.15) is 46.8 Å². The smallest absolute Gasteiger partial charge is 0.264 e. The summed E-state index contributed by atoms with van der Waals surface area (Å²) in [5.74, 6) is 0.306. The fourth-order valence-corrected chi connectivity index (χ4v) is 6.86. The number of piperidine rings is 1. The summed E-state index contributed by atoms with van der Waals surface area (Å²) in [6, 6.07) is 16.4. The van der Waals surface area contributed by atoms with Gasteiger partial charge in [0.15, 0.2) is 5.65 Å². The third kappa shape index (κ3) is 6.35. The Bertz CT molecular complexity index is 1870. The van der Waals surface area contributed by atoms with Crippen molar-refractivity contribution in [2.24, 2.45) is 0 Å². The second kappa shape index (κ2) is 13.7.